The monoisotopic (exact) mass is 452 g/mol. The molecule has 0 saturated heterocycles. The van der Waals surface area contributed by atoms with Crippen LogP contribution in [0.3, 0.4) is 0 Å². The molecule has 0 spiro atoms. The minimum absolute atomic E-state index is 0.235. The van der Waals surface area contributed by atoms with Crippen LogP contribution < -0.4 is 0 Å². The Morgan fingerprint density at radius 2 is 1.33 bits per heavy atom. The molecule has 0 aliphatic heterocycles. The Morgan fingerprint density at radius 1 is 0.727 bits per heavy atom. The van der Waals surface area contributed by atoms with Crippen molar-refractivity contribution in [3.05, 3.63) is 24.5 Å². The van der Waals surface area contributed by atoms with E-state index >= 15 is 0 Å². The summed E-state index contributed by atoms with van der Waals surface area (Å²) in [6, 6.07) is 0. The molecule has 186 valence electrons. The van der Waals surface area contributed by atoms with Crippen LogP contribution in [0.1, 0.15) is 113 Å². The average molecular weight is 453 g/mol. The predicted octanol–water partition coefficient (Wildman–Crippen LogP) is 9.19. The second-order valence-corrected chi connectivity index (χ2v) is 14.9. The third-order valence-electron chi connectivity index (χ3n) is 12.9. The smallest absolute Gasteiger partial charge is 0.104 e. The quantitative estimate of drug-likeness (QED) is 0.306. The molecular formula is C32H52O. The second kappa shape index (κ2) is 7.64. The molecule has 5 fully saturated rings. The van der Waals surface area contributed by atoms with Gasteiger partial charge in [-0.05, 0) is 130 Å². The second-order valence-electron chi connectivity index (χ2n) is 14.9. The lowest BCUT2D eigenvalue weighted by molar-refractivity contribution is -0.203. The van der Waals surface area contributed by atoms with Crippen molar-refractivity contribution < 1.29 is 4.74 Å². The molecular weight excluding hydrogens is 400 g/mol. The van der Waals surface area contributed by atoms with Crippen LogP contribution in [0.15, 0.2) is 24.5 Å². The SMILES string of the molecule is C=C(C)O[C@H]1CC[C@]2(C)[C@@H]3CC[C@@]4(C)[C@H](CC[C@@]5(C)CC[C@H](C(=C)C)[C@H]54)[C@H]3CC[C@@H]2C1(C)C. The molecule has 5 aliphatic rings. The normalized spacial score (nSPS) is 52.6. The van der Waals surface area contributed by atoms with E-state index in [4.69, 9.17) is 4.74 Å². The molecule has 0 N–H and O–H groups in total. The van der Waals surface area contributed by atoms with E-state index in [1.54, 1.807) is 0 Å². The van der Waals surface area contributed by atoms with Crippen LogP contribution >= 0.6 is 0 Å². The largest absolute Gasteiger partial charge is 0.495 e. The molecule has 0 unspecified atom stereocenters. The van der Waals surface area contributed by atoms with Gasteiger partial charge in [-0.15, -0.1) is 0 Å². The van der Waals surface area contributed by atoms with Crippen molar-refractivity contribution >= 4 is 0 Å². The van der Waals surface area contributed by atoms with Gasteiger partial charge in [0.1, 0.15) is 6.10 Å². The molecule has 5 rings (SSSR count). The van der Waals surface area contributed by atoms with Crippen molar-refractivity contribution in [2.24, 2.45) is 57.2 Å². The summed E-state index contributed by atoms with van der Waals surface area (Å²) in [5.74, 6) is 6.08. The zero-order valence-corrected chi connectivity index (χ0v) is 22.9. The fourth-order valence-corrected chi connectivity index (χ4v) is 11.7. The van der Waals surface area contributed by atoms with E-state index in [1.807, 2.05) is 6.92 Å². The Labute approximate surface area is 205 Å². The van der Waals surface area contributed by atoms with Crippen molar-refractivity contribution in [3.8, 4) is 0 Å². The van der Waals surface area contributed by atoms with Gasteiger partial charge >= 0.3 is 0 Å². The van der Waals surface area contributed by atoms with Gasteiger partial charge in [-0.2, -0.15) is 0 Å². The third kappa shape index (κ3) is 3.29. The maximum Gasteiger partial charge on any atom is 0.104 e. The highest BCUT2D eigenvalue weighted by Gasteiger charge is 2.66. The molecule has 0 aromatic rings. The van der Waals surface area contributed by atoms with Crippen LogP contribution in [0.25, 0.3) is 0 Å². The topological polar surface area (TPSA) is 9.23 Å². The van der Waals surface area contributed by atoms with E-state index in [1.165, 1.54) is 69.8 Å². The van der Waals surface area contributed by atoms with Crippen molar-refractivity contribution in [3.63, 3.8) is 0 Å². The summed E-state index contributed by atoms with van der Waals surface area (Å²) in [6.07, 6.45) is 14.4. The van der Waals surface area contributed by atoms with Crippen LogP contribution in [0.4, 0.5) is 0 Å². The number of allylic oxidation sites excluding steroid dienone is 2. The standard InChI is InChI=1S/C32H52O/c1-20(2)22-12-16-30(7)17-13-25-23-10-11-26-29(5,6)27(33-21(3)4)15-19-31(26,8)24(23)14-18-32(25,9)28(22)30/h22-28H,1,3,10-19H2,2,4-9H3/t22-,23+,24-,25-,26-,27+,28-,30-,31-,32+/m1/s1. The molecule has 5 aliphatic carbocycles. The molecule has 10 atom stereocenters. The Hall–Kier alpha value is -0.720. The highest BCUT2D eigenvalue weighted by Crippen LogP contribution is 2.73. The zero-order valence-electron chi connectivity index (χ0n) is 22.9. The van der Waals surface area contributed by atoms with E-state index in [-0.39, 0.29) is 5.41 Å². The first-order valence-electron chi connectivity index (χ1n) is 14.3. The molecule has 0 amide bonds. The Kier molecular flexibility index (Phi) is 5.55. The molecule has 33 heavy (non-hydrogen) atoms. The maximum absolute atomic E-state index is 6.33. The first-order valence-corrected chi connectivity index (χ1v) is 14.3. The average Bonchev–Trinajstić information content (AvgIpc) is 3.08. The number of hydrogen-bond acceptors (Lipinski definition) is 1. The van der Waals surface area contributed by atoms with Crippen molar-refractivity contribution in [1.82, 2.24) is 0 Å². The van der Waals surface area contributed by atoms with Crippen LogP contribution in [0, 0.1) is 57.2 Å². The molecule has 5 saturated carbocycles. The van der Waals surface area contributed by atoms with Gasteiger partial charge in [0.05, 0.1) is 5.76 Å². The minimum atomic E-state index is 0.235. The lowest BCUT2D eigenvalue weighted by Gasteiger charge is -2.68. The first kappa shape index (κ1) is 24.0. The Morgan fingerprint density at radius 3 is 2.00 bits per heavy atom. The van der Waals surface area contributed by atoms with Gasteiger partial charge in [-0.3, -0.25) is 0 Å². The molecule has 0 aromatic heterocycles. The molecule has 0 heterocycles. The van der Waals surface area contributed by atoms with Gasteiger partial charge in [-0.25, -0.2) is 0 Å². The van der Waals surface area contributed by atoms with Crippen LogP contribution in [-0.2, 0) is 4.74 Å². The van der Waals surface area contributed by atoms with Crippen molar-refractivity contribution in [2.45, 2.75) is 119 Å². The van der Waals surface area contributed by atoms with Crippen LogP contribution in [0.2, 0.25) is 0 Å². The fraction of sp³-hybridized carbons (Fsp3) is 0.875. The van der Waals surface area contributed by atoms with E-state index in [0.29, 0.717) is 22.3 Å². The first-order chi connectivity index (χ1) is 15.3. The summed E-state index contributed by atoms with van der Waals surface area (Å²) < 4.78 is 6.33. The fourth-order valence-electron chi connectivity index (χ4n) is 11.7. The van der Waals surface area contributed by atoms with Gasteiger partial charge in [0, 0.05) is 5.41 Å². The summed E-state index contributed by atoms with van der Waals surface area (Å²) >= 11 is 0. The number of hydrogen-bond donors (Lipinski definition) is 0. The van der Waals surface area contributed by atoms with Gasteiger partial charge in [0.2, 0.25) is 0 Å². The molecule has 0 radical (unpaired) electrons. The zero-order chi connectivity index (χ0) is 24.0. The molecule has 0 bridgehead atoms. The maximum atomic E-state index is 6.33. The molecule has 1 heteroatoms. The van der Waals surface area contributed by atoms with E-state index in [2.05, 4.69) is 54.7 Å². The summed E-state index contributed by atoms with van der Waals surface area (Å²) in [7, 11) is 0. The van der Waals surface area contributed by atoms with Gasteiger partial charge < -0.3 is 4.74 Å². The van der Waals surface area contributed by atoms with Gasteiger partial charge in [0.25, 0.3) is 0 Å². The van der Waals surface area contributed by atoms with Crippen molar-refractivity contribution in [2.75, 3.05) is 0 Å². The molecule has 0 aromatic carbocycles. The highest BCUT2D eigenvalue weighted by molar-refractivity contribution is 5.18. The minimum Gasteiger partial charge on any atom is -0.495 e. The highest BCUT2D eigenvalue weighted by atomic mass is 16.5. The Balaban J connectivity index is 1.45. The van der Waals surface area contributed by atoms with Gasteiger partial charge in [0.15, 0.2) is 0 Å². The third-order valence-corrected chi connectivity index (χ3v) is 12.9. The number of ether oxygens (including phenoxy) is 1. The van der Waals surface area contributed by atoms with E-state index < -0.39 is 0 Å². The van der Waals surface area contributed by atoms with Crippen LogP contribution in [0.5, 0.6) is 0 Å². The van der Waals surface area contributed by atoms with Crippen LogP contribution in [-0.4, -0.2) is 6.10 Å². The number of fused-ring (bicyclic) bond motifs is 7. The van der Waals surface area contributed by atoms with E-state index in [9.17, 15) is 0 Å². The predicted molar refractivity (Wildman–Crippen MR) is 140 cm³/mol. The number of rotatable bonds is 3. The van der Waals surface area contributed by atoms with E-state index in [0.717, 1.165) is 41.3 Å². The Bertz CT molecular complexity index is 822. The van der Waals surface area contributed by atoms with Gasteiger partial charge in [-0.1, -0.05) is 53.3 Å². The summed E-state index contributed by atoms with van der Waals surface area (Å²) in [5, 5.41) is 0. The van der Waals surface area contributed by atoms with Crippen molar-refractivity contribution in [1.29, 1.82) is 0 Å². The summed E-state index contributed by atoms with van der Waals surface area (Å²) in [5.41, 5.74) is 3.27. The lowest BCUT2D eigenvalue weighted by atomic mass is 9.37. The lowest BCUT2D eigenvalue weighted by Crippen LogP contribution is -2.62. The summed E-state index contributed by atoms with van der Waals surface area (Å²) in [6.45, 7) is 26.1. The molecule has 1 nitrogen and oxygen atoms in total. The summed E-state index contributed by atoms with van der Waals surface area (Å²) in [4.78, 5) is 0.